The van der Waals surface area contributed by atoms with Gasteiger partial charge in [0.2, 0.25) is 0 Å². The van der Waals surface area contributed by atoms with Crippen molar-refractivity contribution in [2.45, 2.75) is 56.9 Å². The smallest absolute Gasteiger partial charge is 0.178 e. The molecular weight excluding hydrogens is 450 g/mol. The van der Waals surface area contributed by atoms with Crippen molar-refractivity contribution >= 4 is 28.3 Å². The summed E-state index contributed by atoms with van der Waals surface area (Å²) in [6, 6.07) is 9.00. The van der Waals surface area contributed by atoms with E-state index in [9.17, 15) is 5.11 Å². The summed E-state index contributed by atoms with van der Waals surface area (Å²) in [5.41, 5.74) is 5.90. The predicted molar refractivity (Wildman–Crippen MR) is 121 cm³/mol. The van der Waals surface area contributed by atoms with Gasteiger partial charge in [0.1, 0.15) is 47.3 Å². The number of halogens is 1. The van der Waals surface area contributed by atoms with Crippen LogP contribution in [-0.2, 0) is 14.2 Å². The topological polar surface area (TPSA) is 126 Å². The van der Waals surface area contributed by atoms with Gasteiger partial charge in [-0.25, -0.2) is 9.97 Å². The van der Waals surface area contributed by atoms with Gasteiger partial charge in [0.25, 0.3) is 0 Å². The molecule has 11 heteroatoms. The Morgan fingerprint density at radius 1 is 1.30 bits per heavy atom. The third kappa shape index (κ3) is 4.03. The van der Waals surface area contributed by atoms with E-state index in [1.165, 1.54) is 6.33 Å². The summed E-state index contributed by atoms with van der Waals surface area (Å²) >= 11 is 6.24. The number of aliphatic hydroxyl groups excluding tert-OH is 1. The molecule has 0 spiro atoms. The van der Waals surface area contributed by atoms with E-state index < -0.39 is 36.2 Å². The quantitative estimate of drug-likeness (QED) is 0.364. The Labute approximate surface area is 195 Å². The molecule has 176 valence electrons. The molecule has 5 rings (SSSR count). The van der Waals surface area contributed by atoms with Gasteiger partial charge in [-0.1, -0.05) is 17.7 Å². The van der Waals surface area contributed by atoms with Crippen LogP contribution in [0.2, 0.25) is 5.15 Å². The second kappa shape index (κ2) is 8.08. The van der Waals surface area contributed by atoms with Gasteiger partial charge in [-0.2, -0.15) is 0 Å². The summed E-state index contributed by atoms with van der Waals surface area (Å²) in [6.07, 6.45) is 0.756. The average Bonchev–Trinajstić information content (AvgIpc) is 3.34. The van der Waals surface area contributed by atoms with E-state index in [1.807, 2.05) is 43.7 Å². The van der Waals surface area contributed by atoms with E-state index in [1.54, 1.807) is 18.2 Å². The number of fused-ring (bicyclic) bond motifs is 2. The van der Waals surface area contributed by atoms with Crippen LogP contribution in [0.5, 0.6) is 5.75 Å². The first-order valence-corrected chi connectivity index (χ1v) is 11.0. The Hall–Kier alpha value is -2.47. The van der Waals surface area contributed by atoms with Crippen molar-refractivity contribution in [3.05, 3.63) is 48.0 Å². The molecule has 0 amide bonds. The Balaban J connectivity index is 1.42. The molecule has 0 bridgehead atoms. The molecule has 2 aliphatic rings. The van der Waals surface area contributed by atoms with Crippen molar-refractivity contribution in [2.75, 3.05) is 11.9 Å². The minimum atomic E-state index is -1.17. The number of aromatic nitrogens is 3. The second-order valence-electron chi connectivity index (χ2n) is 8.79. The van der Waals surface area contributed by atoms with Crippen molar-refractivity contribution in [1.82, 2.24) is 14.5 Å². The molecule has 1 aromatic carbocycles. The molecule has 5 atom stereocenters. The summed E-state index contributed by atoms with van der Waals surface area (Å²) in [4.78, 5) is 8.44. The molecule has 1 unspecified atom stereocenters. The molecule has 4 heterocycles. The molecule has 3 aromatic rings. The van der Waals surface area contributed by atoms with Gasteiger partial charge in [-0.05, 0) is 39.0 Å². The third-order valence-corrected chi connectivity index (χ3v) is 6.23. The molecular formula is C22H26ClN5O5. The highest BCUT2D eigenvalue weighted by Crippen LogP contribution is 2.50. The fourth-order valence-corrected chi connectivity index (χ4v) is 4.77. The Morgan fingerprint density at radius 2 is 2.12 bits per heavy atom. The van der Waals surface area contributed by atoms with Crippen LogP contribution >= 0.6 is 11.6 Å². The zero-order valence-electron chi connectivity index (χ0n) is 18.4. The SMILES string of the molecule is CC1(C)O[C@H]2[C@H](n3ccc4c(Cl)ncnc43)O[C@H](COc3cccc(NC(N)O)c3)[C@@]2(C)O1. The molecule has 2 aliphatic heterocycles. The van der Waals surface area contributed by atoms with E-state index in [-0.39, 0.29) is 6.61 Å². The van der Waals surface area contributed by atoms with Crippen molar-refractivity contribution in [2.24, 2.45) is 5.73 Å². The minimum Gasteiger partial charge on any atom is -0.491 e. The van der Waals surface area contributed by atoms with Crippen LogP contribution in [0.4, 0.5) is 5.69 Å². The van der Waals surface area contributed by atoms with Crippen LogP contribution < -0.4 is 15.8 Å². The number of anilines is 1. The van der Waals surface area contributed by atoms with Crippen LogP contribution in [0, 0.1) is 0 Å². The Kier molecular flexibility index (Phi) is 5.47. The molecule has 10 nitrogen and oxygen atoms in total. The molecule has 0 aliphatic carbocycles. The molecule has 33 heavy (non-hydrogen) atoms. The van der Waals surface area contributed by atoms with Crippen molar-refractivity contribution in [3.8, 4) is 5.75 Å². The summed E-state index contributed by atoms with van der Waals surface area (Å²) in [5, 5.41) is 13.2. The van der Waals surface area contributed by atoms with Crippen LogP contribution in [0.1, 0.15) is 27.0 Å². The van der Waals surface area contributed by atoms with Crippen LogP contribution in [0.3, 0.4) is 0 Å². The lowest BCUT2D eigenvalue weighted by atomic mass is 9.95. The van der Waals surface area contributed by atoms with Gasteiger partial charge in [0.15, 0.2) is 18.4 Å². The largest absolute Gasteiger partial charge is 0.491 e. The molecule has 2 saturated heterocycles. The summed E-state index contributed by atoms with van der Waals surface area (Å²) in [6.45, 7) is 5.95. The first kappa shape index (κ1) is 22.3. The first-order valence-electron chi connectivity index (χ1n) is 10.6. The number of nitrogens with two attached hydrogens (primary N) is 1. The number of nitrogens with zero attached hydrogens (tertiary/aromatic N) is 3. The third-order valence-electron chi connectivity index (χ3n) is 5.93. The van der Waals surface area contributed by atoms with Crippen molar-refractivity contribution in [3.63, 3.8) is 0 Å². The first-order chi connectivity index (χ1) is 15.7. The van der Waals surface area contributed by atoms with Gasteiger partial charge in [0, 0.05) is 18.0 Å². The van der Waals surface area contributed by atoms with Crippen molar-refractivity contribution < 1.29 is 24.1 Å². The lowest BCUT2D eigenvalue weighted by Crippen LogP contribution is -2.46. The monoisotopic (exact) mass is 475 g/mol. The number of nitrogens with one attached hydrogen (secondary N) is 1. The van der Waals surface area contributed by atoms with E-state index in [2.05, 4.69) is 15.3 Å². The number of hydrogen-bond donors (Lipinski definition) is 3. The van der Waals surface area contributed by atoms with Gasteiger partial charge < -0.3 is 33.9 Å². The standard InChI is InChI=1S/C22H26ClN5O5/c1-21(2)32-16-19(28-8-7-14-17(23)25-11-26-18(14)28)31-15(22(16,3)33-21)10-30-13-6-4-5-12(9-13)27-20(24)29/h4-9,11,15-16,19-20,27,29H,10,24H2,1-3H3/t15-,16+,19-,20?,22-/m1/s1. The highest BCUT2D eigenvalue weighted by atomic mass is 35.5. The highest BCUT2D eigenvalue weighted by Gasteiger charge is 2.64. The Morgan fingerprint density at radius 3 is 2.91 bits per heavy atom. The number of hydrogen-bond acceptors (Lipinski definition) is 9. The minimum absolute atomic E-state index is 0.215. The van der Waals surface area contributed by atoms with E-state index in [0.717, 1.165) is 5.39 Å². The summed E-state index contributed by atoms with van der Waals surface area (Å²) in [7, 11) is 0. The number of aliphatic hydroxyl groups is 1. The molecule has 2 aromatic heterocycles. The highest BCUT2D eigenvalue weighted by molar-refractivity contribution is 6.33. The van der Waals surface area contributed by atoms with Crippen LogP contribution in [0.15, 0.2) is 42.9 Å². The van der Waals surface area contributed by atoms with E-state index in [4.69, 9.17) is 36.3 Å². The zero-order chi connectivity index (χ0) is 23.4. The van der Waals surface area contributed by atoms with Crippen molar-refractivity contribution in [1.29, 1.82) is 0 Å². The molecule has 0 radical (unpaired) electrons. The second-order valence-corrected chi connectivity index (χ2v) is 9.15. The Bertz CT molecular complexity index is 1170. The lowest BCUT2D eigenvalue weighted by Gasteiger charge is -2.29. The average molecular weight is 476 g/mol. The predicted octanol–water partition coefficient (Wildman–Crippen LogP) is 2.62. The normalized spacial score (nSPS) is 29.2. The summed E-state index contributed by atoms with van der Waals surface area (Å²) < 4.78 is 27.0. The van der Waals surface area contributed by atoms with E-state index in [0.29, 0.717) is 22.2 Å². The number of benzene rings is 1. The maximum absolute atomic E-state index is 9.35. The molecule has 0 saturated carbocycles. The van der Waals surface area contributed by atoms with Gasteiger partial charge in [-0.15, -0.1) is 0 Å². The molecule has 2 fully saturated rings. The van der Waals surface area contributed by atoms with Crippen LogP contribution in [-0.4, -0.2) is 56.2 Å². The van der Waals surface area contributed by atoms with Gasteiger partial charge >= 0.3 is 0 Å². The van der Waals surface area contributed by atoms with E-state index >= 15 is 0 Å². The van der Waals surface area contributed by atoms with Gasteiger partial charge in [-0.3, -0.25) is 5.73 Å². The number of ether oxygens (including phenoxy) is 4. The fourth-order valence-electron chi connectivity index (χ4n) is 4.58. The van der Waals surface area contributed by atoms with Crippen LogP contribution in [0.25, 0.3) is 11.0 Å². The maximum atomic E-state index is 9.35. The number of rotatable bonds is 6. The maximum Gasteiger partial charge on any atom is 0.178 e. The van der Waals surface area contributed by atoms with Gasteiger partial charge in [0.05, 0.1) is 5.39 Å². The fraction of sp³-hybridized carbons (Fsp3) is 0.455. The zero-order valence-corrected chi connectivity index (χ0v) is 19.2. The summed E-state index contributed by atoms with van der Waals surface area (Å²) in [5.74, 6) is -0.201. The lowest BCUT2D eigenvalue weighted by molar-refractivity contribution is -0.213. The molecule has 4 N–H and O–H groups in total.